The molecular formula is C41H44F4N4S. The van der Waals surface area contributed by atoms with Gasteiger partial charge in [-0.05, 0) is 145 Å². The average Bonchev–Trinajstić information content (AvgIpc) is 3.12. The number of piperidine rings is 2. The molecule has 6 rings (SSSR count). The molecule has 4 aromatic carbocycles. The van der Waals surface area contributed by atoms with Crippen LogP contribution in [0.25, 0.3) is 11.1 Å². The van der Waals surface area contributed by atoms with Crippen molar-refractivity contribution in [2.24, 2.45) is 11.7 Å². The third kappa shape index (κ3) is 10.2. The SMILES string of the molecule is C=CN.N#Cc1ccc(C(Cc2cccc(-c3cccc(CN4CCCCC4)c3)c2)C2CCN(Sc3ccc(F)cc3)CC2)cc1C(F)(F)F. The second-order valence-electron chi connectivity index (χ2n) is 13.0. The first-order chi connectivity index (χ1) is 24.2. The van der Waals surface area contributed by atoms with Crippen molar-refractivity contribution in [3.05, 3.63) is 137 Å². The minimum Gasteiger partial charge on any atom is -0.405 e. The van der Waals surface area contributed by atoms with E-state index in [0.717, 1.165) is 67.2 Å². The van der Waals surface area contributed by atoms with Crippen molar-refractivity contribution in [3.8, 4) is 17.2 Å². The summed E-state index contributed by atoms with van der Waals surface area (Å²) in [5.41, 5.74) is 8.62. The molecule has 4 nitrogen and oxygen atoms in total. The minimum absolute atomic E-state index is 0.150. The van der Waals surface area contributed by atoms with E-state index in [1.807, 2.05) is 6.07 Å². The molecule has 0 amide bonds. The lowest BCUT2D eigenvalue weighted by Gasteiger charge is -2.36. The Labute approximate surface area is 297 Å². The number of nitriles is 1. The van der Waals surface area contributed by atoms with E-state index in [1.54, 1.807) is 36.2 Å². The summed E-state index contributed by atoms with van der Waals surface area (Å²) >= 11 is 1.59. The summed E-state index contributed by atoms with van der Waals surface area (Å²) in [6.07, 6.45) is 2.67. The molecule has 0 bridgehead atoms. The van der Waals surface area contributed by atoms with Crippen LogP contribution in [0.15, 0.2) is 109 Å². The fourth-order valence-corrected chi connectivity index (χ4v) is 8.00. The molecular weight excluding hydrogens is 657 g/mol. The van der Waals surface area contributed by atoms with Gasteiger partial charge in [0.05, 0.1) is 17.2 Å². The molecule has 2 fully saturated rings. The summed E-state index contributed by atoms with van der Waals surface area (Å²) in [4.78, 5) is 3.47. The molecule has 2 aliphatic heterocycles. The van der Waals surface area contributed by atoms with Crippen molar-refractivity contribution in [3.63, 3.8) is 0 Å². The Morgan fingerprint density at radius 2 is 1.48 bits per heavy atom. The standard InChI is InChI=1S/C39H39F4N3S.C2H5N/c40-35-12-14-36(15-13-35)47-46-20-16-30(17-21-46)37(33-10-11-34(26-44)38(25-33)39(41,42)43)24-28-6-4-8-31(22-28)32-9-5-7-29(23-32)27-45-18-2-1-3-19-45;1-2-3/h4-15,22-23,25,30,37H,1-3,16-21,24,27H2;2H,1,3H2. The smallest absolute Gasteiger partial charge is 0.405 e. The van der Waals surface area contributed by atoms with Crippen molar-refractivity contribution in [1.82, 2.24) is 9.21 Å². The van der Waals surface area contributed by atoms with Crippen molar-refractivity contribution in [1.29, 1.82) is 5.26 Å². The maximum Gasteiger partial charge on any atom is 0.417 e. The fourth-order valence-electron chi connectivity index (χ4n) is 7.05. The first-order valence-electron chi connectivity index (χ1n) is 17.2. The topological polar surface area (TPSA) is 56.3 Å². The molecule has 0 aliphatic carbocycles. The molecule has 2 heterocycles. The highest BCUT2D eigenvalue weighted by Crippen LogP contribution is 2.41. The van der Waals surface area contributed by atoms with Crippen LogP contribution in [0.4, 0.5) is 17.6 Å². The molecule has 4 aromatic rings. The lowest BCUT2D eigenvalue weighted by Crippen LogP contribution is -2.32. The summed E-state index contributed by atoms with van der Waals surface area (Å²) in [6, 6.07) is 29.5. The second-order valence-corrected chi connectivity index (χ2v) is 14.2. The van der Waals surface area contributed by atoms with Crippen LogP contribution in [0.1, 0.15) is 65.8 Å². The zero-order valence-electron chi connectivity index (χ0n) is 28.2. The molecule has 262 valence electrons. The van der Waals surface area contributed by atoms with Crippen LogP contribution in [0, 0.1) is 23.1 Å². The van der Waals surface area contributed by atoms with Gasteiger partial charge in [-0.25, -0.2) is 8.70 Å². The monoisotopic (exact) mass is 700 g/mol. The van der Waals surface area contributed by atoms with Gasteiger partial charge in [0.1, 0.15) is 5.82 Å². The second kappa shape index (κ2) is 17.7. The number of halogens is 4. The molecule has 2 N–H and O–H groups in total. The first-order valence-corrected chi connectivity index (χ1v) is 18.0. The van der Waals surface area contributed by atoms with Crippen molar-refractivity contribution in [2.45, 2.75) is 62.1 Å². The number of hydrogen-bond donors (Lipinski definition) is 1. The van der Waals surface area contributed by atoms with E-state index in [1.165, 1.54) is 55.3 Å². The third-order valence-electron chi connectivity index (χ3n) is 9.51. The summed E-state index contributed by atoms with van der Waals surface area (Å²) < 4.78 is 57.9. The van der Waals surface area contributed by atoms with E-state index in [9.17, 15) is 22.8 Å². The van der Waals surface area contributed by atoms with Crippen LogP contribution in [0.2, 0.25) is 0 Å². The van der Waals surface area contributed by atoms with Crippen molar-refractivity contribution in [2.75, 3.05) is 26.2 Å². The number of hydrogen-bond acceptors (Lipinski definition) is 5. The Morgan fingerprint density at radius 1 is 0.860 bits per heavy atom. The minimum atomic E-state index is -4.61. The van der Waals surface area contributed by atoms with Crippen LogP contribution in [0.3, 0.4) is 0 Å². The van der Waals surface area contributed by atoms with E-state index in [0.29, 0.717) is 12.0 Å². The van der Waals surface area contributed by atoms with Gasteiger partial charge in [-0.3, -0.25) is 4.90 Å². The molecule has 2 aliphatic rings. The van der Waals surface area contributed by atoms with E-state index in [4.69, 9.17) is 0 Å². The van der Waals surface area contributed by atoms with Crippen LogP contribution in [0.5, 0.6) is 0 Å². The third-order valence-corrected chi connectivity index (χ3v) is 10.6. The molecule has 9 heteroatoms. The summed E-state index contributed by atoms with van der Waals surface area (Å²) in [5, 5.41) is 9.43. The highest BCUT2D eigenvalue weighted by atomic mass is 32.2. The molecule has 2 saturated heterocycles. The number of benzene rings is 4. The van der Waals surface area contributed by atoms with Gasteiger partial charge in [0.15, 0.2) is 0 Å². The van der Waals surface area contributed by atoms with Gasteiger partial charge in [0.2, 0.25) is 0 Å². The molecule has 0 spiro atoms. The van der Waals surface area contributed by atoms with Gasteiger partial charge < -0.3 is 5.73 Å². The lowest BCUT2D eigenvalue weighted by molar-refractivity contribution is -0.137. The zero-order valence-corrected chi connectivity index (χ0v) is 29.0. The quantitative estimate of drug-likeness (QED) is 0.139. The largest absolute Gasteiger partial charge is 0.417 e. The van der Waals surface area contributed by atoms with E-state index < -0.39 is 11.7 Å². The lowest BCUT2D eigenvalue weighted by atomic mass is 9.76. The summed E-state index contributed by atoms with van der Waals surface area (Å²) in [6.45, 7) is 7.89. The van der Waals surface area contributed by atoms with Crippen LogP contribution < -0.4 is 5.73 Å². The predicted molar refractivity (Wildman–Crippen MR) is 195 cm³/mol. The van der Waals surface area contributed by atoms with Crippen LogP contribution in [-0.2, 0) is 19.1 Å². The maximum absolute atomic E-state index is 14.1. The van der Waals surface area contributed by atoms with E-state index >= 15 is 0 Å². The van der Waals surface area contributed by atoms with Crippen molar-refractivity contribution >= 4 is 11.9 Å². The van der Waals surface area contributed by atoms with Crippen LogP contribution >= 0.6 is 11.9 Å². The molecule has 1 atom stereocenters. The van der Waals surface area contributed by atoms with Crippen LogP contribution in [-0.4, -0.2) is 35.4 Å². The predicted octanol–water partition coefficient (Wildman–Crippen LogP) is 10.2. The molecule has 50 heavy (non-hydrogen) atoms. The Hall–Kier alpha value is -4.10. The Bertz CT molecular complexity index is 1740. The number of alkyl halides is 3. The van der Waals surface area contributed by atoms with Gasteiger partial charge in [-0.2, -0.15) is 18.4 Å². The molecule has 0 aromatic heterocycles. The van der Waals surface area contributed by atoms with Gasteiger partial charge in [-0.15, -0.1) is 0 Å². The van der Waals surface area contributed by atoms with Gasteiger partial charge in [0.25, 0.3) is 0 Å². The number of nitrogens with zero attached hydrogens (tertiary/aromatic N) is 3. The summed E-state index contributed by atoms with van der Waals surface area (Å²) in [7, 11) is 0. The Morgan fingerprint density at radius 3 is 2.10 bits per heavy atom. The first kappa shape index (κ1) is 37.2. The normalized spacial score (nSPS) is 16.5. The van der Waals surface area contributed by atoms with E-state index in [-0.39, 0.29) is 23.2 Å². The molecule has 0 radical (unpaired) electrons. The molecule has 1 unspecified atom stereocenters. The van der Waals surface area contributed by atoms with Gasteiger partial charge >= 0.3 is 6.18 Å². The van der Waals surface area contributed by atoms with E-state index in [2.05, 4.69) is 64.0 Å². The maximum atomic E-state index is 14.1. The Balaban J connectivity index is 0.00000156. The van der Waals surface area contributed by atoms with Gasteiger partial charge in [0, 0.05) is 24.5 Å². The Kier molecular flexibility index (Phi) is 13.2. The highest BCUT2D eigenvalue weighted by Gasteiger charge is 2.36. The zero-order chi connectivity index (χ0) is 35.5. The van der Waals surface area contributed by atoms with Gasteiger partial charge in [-0.1, -0.05) is 61.5 Å². The number of nitrogens with two attached hydrogens (primary N) is 1. The summed E-state index contributed by atoms with van der Waals surface area (Å²) in [5.74, 6) is -0.265. The van der Waals surface area contributed by atoms with Crippen molar-refractivity contribution < 1.29 is 17.6 Å². The number of likely N-dealkylation sites (tertiary alicyclic amines) is 1. The number of rotatable bonds is 9. The highest BCUT2D eigenvalue weighted by molar-refractivity contribution is 7.97. The fraction of sp³-hybridized carbons (Fsp3) is 0.341. The molecule has 0 saturated carbocycles. The average molecular weight is 701 g/mol.